The number of hydrogen-bond donors (Lipinski definition) is 2. The van der Waals surface area contributed by atoms with Crippen molar-refractivity contribution in [1.82, 2.24) is 4.57 Å². The predicted molar refractivity (Wildman–Crippen MR) is 130 cm³/mol. The molecule has 2 N–H and O–H groups in total. The summed E-state index contributed by atoms with van der Waals surface area (Å²) in [5.74, 6) is -0.153. The van der Waals surface area contributed by atoms with Crippen LogP contribution in [0.5, 0.6) is 5.75 Å². The van der Waals surface area contributed by atoms with Gasteiger partial charge in [0.2, 0.25) is 0 Å². The van der Waals surface area contributed by atoms with Gasteiger partial charge in [0.05, 0.1) is 11.1 Å². The third-order valence-corrected chi connectivity index (χ3v) is 6.25. The van der Waals surface area contributed by atoms with E-state index < -0.39 is 5.97 Å². The number of aromatic nitrogens is 1. The van der Waals surface area contributed by atoms with Crippen molar-refractivity contribution in [2.75, 3.05) is 0 Å². The molecule has 0 unspecified atom stereocenters. The molecule has 0 radical (unpaired) electrons. The molecule has 1 saturated carbocycles. The van der Waals surface area contributed by atoms with Crippen molar-refractivity contribution in [3.05, 3.63) is 84.3 Å². The van der Waals surface area contributed by atoms with Crippen molar-refractivity contribution in [3.63, 3.8) is 0 Å². The van der Waals surface area contributed by atoms with Crippen LogP contribution in [0.1, 0.15) is 49.4 Å². The van der Waals surface area contributed by atoms with Gasteiger partial charge in [-0.15, -0.1) is 0 Å². The van der Waals surface area contributed by atoms with Gasteiger partial charge in [0.25, 0.3) is 0 Å². The molecule has 1 fully saturated rings. The molecule has 3 aromatic carbocycles. The molecule has 1 heterocycles. The fourth-order valence-corrected chi connectivity index (χ4v) is 4.40. The highest BCUT2D eigenvalue weighted by atomic mass is 19.1. The third kappa shape index (κ3) is 5.08. The minimum absolute atomic E-state index is 0.126. The second-order valence-electron chi connectivity index (χ2n) is 8.69. The summed E-state index contributed by atoms with van der Waals surface area (Å²) in [6.07, 6.45) is 9.29. The Bertz CT molecular complexity index is 1240. The van der Waals surface area contributed by atoms with Crippen LogP contribution in [0.4, 0.5) is 4.39 Å². The average Bonchev–Trinajstić information content (AvgIpc) is 3.22. The molecule has 4 aromatic rings. The van der Waals surface area contributed by atoms with Crippen LogP contribution in [0.15, 0.2) is 72.9 Å². The van der Waals surface area contributed by atoms with Crippen LogP contribution in [0.2, 0.25) is 0 Å². The van der Waals surface area contributed by atoms with E-state index in [4.69, 9.17) is 5.11 Å². The number of phenols is 1. The maximum absolute atomic E-state index is 13.3. The SMILES string of the molecule is CC1CCCCC1.O=C(O)c1ccc(-c2cn(-c3ccc(F)cc3)c3cccc(O)c23)cc1. The van der Waals surface area contributed by atoms with Crippen molar-refractivity contribution in [2.45, 2.75) is 39.0 Å². The van der Waals surface area contributed by atoms with Crippen LogP contribution in [0.3, 0.4) is 0 Å². The number of rotatable bonds is 3. The first-order chi connectivity index (χ1) is 15.9. The normalized spacial score (nSPS) is 14.0. The summed E-state index contributed by atoms with van der Waals surface area (Å²) in [5.41, 5.74) is 3.27. The first-order valence-electron chi connectivity index (χ1n) is 11.4. The van der Waals surface area contributed by atoms with Crippen molar-refractivity contribution < 1.29 is 19.4 Å². The minimum atomic E-state index is -0.992. The number of aromatic carboxylic acids is 1. The third-order valence-electron chi connectivity index (χ3n) is 6.25. The molecule has 0 spiro atoms. The molecule has 0 saturated heterocycles. The second kappa shape index (κ2) is 9.90. The van der Waals surface area contributed by atoms with Crippen molar-refractivity contribution in [2.24, 2.45) is 5.92 Å². The molecule has 0 bridgehead atoms. The molecular weight excluding hydrogens is 417 g/mol. The Labute approximate surface area is 192 Å². The zero-order valence-corrected chi connectivity index (χ0v) is 18.7. The Morgan fingerprint density at radius 2 is 1.61 bits per heavy atom. The van der Waals surface area contributed by atoms with E-state index in [1.807, 2.05) is 16.8 Å². The van der Waals surface area contributed by atoms with E-state index in [0.29, 0.717) is 5.39 Å². The van der Waals surface area contributed by atoms with Crippen LogP contribution >= 0.6 is 0 Å². The molecule has 0 amide bonds. The molecule has 5 rings (SSSR count). The van der Waals surface area contributed by atoms with Crippen LogP contribution in [-0.4, -0.2) is 20.7 Å². The molecule has 0 atom stereocenters. The first kappa shape index (κ1) is 22.6. The number of fused-ring (bicyclic) bond motifs is 1. The van der Waals surface area contributed by atoms with Crippen LogP contribution in [-0.2, 0) is 0 Å². The van der Waals surface area contributed by atoms with E-state index in [1.165, 1.54) is 56.4 Å². The summed E-state index contributed by atoms with van der Waals surface area (Å²) in [5, 5.41) is 20.1. The second-order valence-corrected chi connectivity index (χ2v) is 8.69. The molecule has 4 nitrogen and oxygen atoms in total. The number of carbonyl (C=O) groups is 1. The quantitative estimate of drug-likeness (QED) is 0.345. The van der Waals surface area contributed by atoms with Gasteiger partial charge in [0, 0.05) is 22.8 Å². The molecule has 0 aliphatic heterocycles. The fraction of sp³-hybridized carbons (Fsp3) is 0.250. The lowest BCUT2D eigenvalue weighted by Gasteiger charge is -2.15. The summed E-state index contributed by atoms with van der Waals surface area (Å²) in [6, 6.07) is 17.8. The van der Waals surface area contributed by atoms with Gasteiger partial charge in [-0.1, -0.05) is 57.2 Å². The van der Waals surface area contributed by atoms with Crippen LogP contribution < -0.4 is 0 Å². The molecule has 1 aromatic heterocycles. The number of nitrogens with zero attached hydrogens (tertiary/aromatic N) is 1. The standard InChI is InChI=1S/C21H14FNO3.C7H14/c22-15-8-10-16(11-9-15)23-12-17(20-18(23)2-1-3-19(20)24)13-4-6-14(7-5-13)21(25)26;1-7-5-3-2-4-6-7/h1-12,24H,(H,25,26);7H,2-6H2,1H3. The summed E-state index contributed by atoms with van der Waals surface area (Å²) in [7, 11) is 0. The molecule has 1 aliphatic rings. The van der Waals surface area contributed by atoms with E-state index in [-0.39, 0.29) is 17.1 Å². The van der Waals surface area contributed by atoms with E-state index >= 15 is 0 Å². The van der Waals surface area contributed by atoms with Gasteiger partial charge in [0.15, 0.2) is 0 Å². The Morgan fingerprint density at radius 1 is 0.939 bits per heavy atom. The Hall–Kier alpha value is -3.60. The van der Waals surface area contributed by atoms with E-state index in [1.54, 1.807) is 36.4 Å². The number of halogens is 1. The van der Waals surface area contributed by atoms with Crippen LogP contribution in [0.25, 0.3) is 27.7 Å². The summed E-state index contributed by atoms with van der Waals surface area (Å²) < 4.78 is 15.1. The number of aromatic hydroxyl groups is 1. The highest BCUT2D eigenvalue weighted by molar-refractivity contribution is 6.01. The van der Waals surface area contributed by atoms with Crippen molar-refractivity contribution >= 4 is 16.9 Å². The van der Waals surface area contributed by atoms with Gasteiger partial charge in [-0.3, -0.25) is 0 Å². The van der Waals surface area contributed by atoms with Gasteiger partial charge in [-0.05, 0) is 60.0 Å². The average molecular weight is 446 g/mol. The number of carboxylic acid groups (broad SMARTS) is 1. The predicted octanol–water partition coefficient (Wildman–Crippen LogP) is 7.43. The topological polar surface area (TPSA) is 62.5 Å². The van der Waals surface area contributed by atoms with Crippen molar-refractivity contribution in [1.29, 1.82) is 0 Å². The first-order valence-corrected chi connectivity index (χ1v) is 11.4. The van der Waals surface area contributed by atoms with Gasteiger partial charge in [0.1, 0.15) is 11.6 Å². The Balaban J connectivity index is 0.000000318. The number of phenolic OH excluding ortho intramolecular Hbond substituents is 1. The van der Waals surface area contributed by atoms with Gasteiger partial charge in [-0.25, -0.2) is 9.18 Å². The lowest BCUT2D eigenvalue weighted by molar-refractivity contribution is 0.0697. The lowest BCUT2D eigenvalue weighted by Crippen LogP contribution is -1.99. The summed E-state index contributed by atoms with van der Waals surface area (Å²) in [4.78, 5) is 11.1. The number of carboxylic acids is 1. The Kier molecular flexibility index (Phi) is 6.78. The zero-order chi connectivity index (χ0) is 23.4. The zero-order valence-electron chi connectivity index (χ0n) is 18.7. The molecular formula is C28H28FNO3. The summed E-state index contributed by atoms with van der Waals surface area (Å²) >= 11 is 0. The van der Waals surface area contributed by atoms with Gasteiger partial charge < -0.3 is 14.8 Å². The number of hydrogen-bond acceptors (Lipinski definition) is 2. The fourth-order valence-electron chi connectivity index (χ4n) is 4.40. The lowest BCUT2D eigenvalue weighted by atomic mass is 9.91. The van der Waals surface area contributed by atoms with E-state index in [9.17, 15) is 14.3 Å². The minimum Gasteiger partial charge on any atom is -0.507 e. The molecule has 33 heavy (non-hydrogen) atoms. The smallest absolute Gasteiger partial charge is 0.335 e. The highest BCUT2D eigenvalue weighted by Crippen LogP contribution is 2.38. The van der Waals surface area contributed by atoms with E-state index in [0.717, 1.165) is 28.2 Å². The maximum Gasteiger partial charge on any atom is 0.335 e. The summed E-state index contributed by atoms with van der Waals surface area (Å²) in [6.45, 7) is 2.36. The van der Waals surface area contributed by atoms with Crippen molar-refractivity contribution in [3.8, 4) is 22.6 Å². The molecule has 170 valence electrons. The monoisotopic (exact) mass is 445 g/mol. The largest absolute Gasteiger partial charge is 0.507 e. The molecule has 5 heteroatoms. The molecule has 1 aliphatic carbocycles. The van der Waals surface area contributed by atoms with E-state index in [2.05, 4.69) is 6.92 Å². The maximum atomic E-state index is 13.3. The highest BCUT2D eigenvalue weighted by Gasteiger charge is 2.15. The van der Waals surface area contributed by atoms with Gasteiger partial charge in [-0.2, -0.15) is 0 Å². The Morgan fingerprint density at radius 3 is 2.18 bits per heavy atom. The van der Waals surface area contributed by atoms with Gasteiger partial charge >= 0.3 is 5.97 Å². The van der Waals surface area contributed by atoms with Crippen LogP contribution in [0, 0.1) is 11.7 Å². The number of benzene rings is 3.